The van der Waals surface area contributed by atoms with Gasteiger partial charge in [0, 0.05) is 26.2 Å². The first-order valence-corrected chi connectivity index (χ1v) is 8.12. The van der Waals surface area contributed by atoms with Crippen LogP contribution < -0.4 is 5.32 Å². The second kappa shape index (κ2) is 7.17. The van der Waals surface area contributed by atoms with Crippen molar-refractivity contribution in [3.8, 4) is 0 Å². The fraction of sp³-hybridized carbons (Fsp3) is 0.571. The monoisotopic (exact) mass is 300 g/mol. The lowest BCUT2D eigenvalue weighted by atomic mass is 10.2. The van der Waals surface area contributed by atoms with Gasteiger partial charge in [-0.15, -0.1) is 0 Å². The summed E-state index contributed by atoms with van der Waals surface area (Å²) in [6, 6.07) is 6.94. The standard InChI is InChI=1S/C14H24N2O3S/c1-11(2)15-9-13(17)10-16(4)20(18,19)14-7-5-12(3)6-8-14/h5-8,11,13,15,17H,9-10H2,1-4H3/t13-/m1/s1. The third-order valence-electron chi connectivity index (χ3n) is 2.96. The summed E-state index contributed by atoms with van der Waals surface area (Å²) in [5, 5.41) is 12.9. The SMILES string of the molecule is Cc1ccc(S(=O)(=O)N(C)C[C@H](O)CNC(C)C)cc1. The maximum absolute atomic E-state index is 12.3. The highest BCUT2D eigenvalue weighted by molar-refractivity contribution is 7.89. The van der Waals surface area contributed by atoms with Gasteiger partial charge in [-0.2, -0.15) is 4.31 Å². The molecule has 114 valence electrons. The van der Waals surface area contributed by atoms with E-state index in [9.17, 15) is 13.5 Å². The first-order chi connectivity index (χ1) is 9.23. The van der Waals surface area contributed by atoms with Crippen LogP contribution in [-0.2, 0) is 10.0 Å². The molecule has 0 aromatic heterocycles. The fourth-order valence-corrected chi connectivity index (χ4v) is 2.93. The first-order valence-electron chi connectivity index (χ1n) is 6.68. The molecule has 0 amide bonds. The summed E-state index contributed by atoms with van der Waals surface area (Å²) in [6.07, 6.45) is -0.734. The van der Waals surface area contributed by atoms with E-state index in [4.69, 9.17) is 0 Å². The summed E-state index contributed by atoms with van der Waals surface area (Å²) in [5.41, 5.74) is 1.01. The van der Waals surface area contributed by atoms with Crippen molar-refractivity contribution < 1.29 is 13.5 Å². The summed E-state index contributed by atoms with van der Waals surface area (Å²) in [4.78, 5) is 0.245. The Balaban J connectivity index is 2.70. The molecule has 0 bridgehead atoms. The first kappa shape index (κ1) is 17.1. The zero-order valence-corrected chi connectivity index (χ0v) is 13.3. The maximum atomic E-state index is 12.3. The van der Waals surface area contributed by atoms with Gasteiger partial charge in [-0.05, 0) is 19.1 Å². The minimum absolute atomic E-state index is 0.0654. The Bertz CT molecular complexity index is 512. The van der Waals surface area contributed by atoms with Gasteiger partial charge in [-0.25, -0.2) is 8.42 Å². The molecule has 0 saturated carbocycles. The molecule has 0 radical (unpaired) electrons. The van der Waals surface area contributed by atoms with Crippen LogP contribution in [0.4, 0.5) is 0 Å². The van der Waals surface area contributed by atoms with Gasteiger partial charge < -0.3 is 10.4 Å². The number of likely N-dealkylation sites (N-methyl/N-ethyl adjacent to an activating group) is 1. The number of aliphatic hydroxyl groups excluding tert-OH is 1. The van der Waals surface area contributed by atoms with Gasteiger partial charge >= 0.3 is 0 Å². The number of aryl methyl sites for hydroxylation is 1. The van der Waals surface area contributed by atoms with Crippen molar-refractivity contribution in [1.29, 1.82) is 0 Å². The number of rotatable bonds is 7. The van der Waals surface area contributed by atoms with Crippen LogP contribution in [-0.4, -0.2) is 50.1 Å². The summed E-state index contributed by atoms with van der Waals surface area (Å²) in [5.74, 6) is 0. The predicted molar refractivity (Wildman–Crippen MR) is 80.1 cm³/mol. The molecule has 5 nitrogen and oxygen atoms in total. The van der Waals surface area contributed by atoms with E-state index in [-0.39, 0.29) is 17.5 Å². The number of nitrogens with one attached hydrogen (secondary N) is 1. The molecule has 0 aliphatic heterocycles. The summed E-state index contributed by atoms with van der Waals surface area (Å²) in [7, 11) is -2.06. The van der Waals surface area contributed by atoms with E-state index < -0.39 is 16.1 Å². The molecule has 2 N–H and O–H groups in total. The molecule has 0 fully saturated rings. The Morgan fingerprint density at radius 2 is 1.80 bits per heavy atom. The van der Waals surface area contributed by atoms with Crippen LogP contribution in [0.15, 0.2) is 29.2 Å². The molecule has 0 aliphatic rings. The topological polar surface area (TPSA) is 69.6 Å². The van der Waals surface area contributed by atoms with Crippen molar-refractivity contribution in [3.05, 3.63) is 29.8 Å². The molecule has 0 aliphatic carbocycles. The molecule has 1 atom stereocenters. The Morgan fingerprint density at radius 1 is 1.25 bits per heavy atom. The third kappa shape index (κ3) is 4.86. The van der Waals surface area contributed by atoms with E-state index in [1.165, 1.54) is 11.4 Å². The number of aliphatic hydroxyl groups is 1. The highest BCUT2D eigenvalue weighted by Crippen LogP contribution is 2.15. The fourth-order valence-electron chi connectivity index (χ4n) is 1.72. The van der Waals surface area contributed by atoms with Crippen LogP contribution in [0.3, 0.4) is 0 Å². The zero-order chi connectivity index (χ0) is 15.3. The lowest BCUT2D eigenvalue weighted by molar-refractivity contribution is 0.148. The van der Waals surface area contributed by atoms with Crippen LogP contribution in [0, 0.1) is 6.92 Å². The number of hydrogen-bond acceptors (Lipinski definition) is 4. The molecule has 20 heavy (non-hydrogen) atoms. The van der Waals surface area contributed by atoms with Crippen molar-refractivity contribution >= 4 is 10.0 Å². The minimum Gasteiger partial charge on any atom is -0.390 e. The molecule has 0 heterocycles. The normalized spacial score (nSPS) is 13.9. The zero-order valence-electron chi connectivity index (χ0n) is 12.5. The van der Waals surface area contributed by atoms with Gasteiger partial charge in [0.15, 0.2) is 0 Å². The quantitative estimate of drug-likeness (QED) is 0.787. The van der Waals surface area contributed by atoms with Gasteiger partial charge in [0.05, 0.1) is 11.0 Å². The summed E-state index contributed by atoms with van der Waals surface area (Å²) in [6.45, 7) is 6.28. The lowest BCUT2D eigenvalue weighted by Crippen LogP contribution is -2.40. The van der Waals surface area contributed by atoms with Crippen LogP contribution in [0.25, 0.3) is 0 Å². The van der Waals surface area contributed by atoms with Crippen molar-refractivity contribution in [1.82, 2.24) is 9.62 Å². The second-order valence-electron chi connectivity index (χ2n) is 5.32. The van der Waals surface area contributed by atoms with E-state index in [0.29, 0.717) is 6.54 Å². The Labute approximate surface area is 121 Å². The van der Waals surface area contributed by atoms with Gasteiger partial charge in [0.25, 0.3) is 0 Å². The lowest BCUT2D eigenvalue weighted by Gasteiger charge is -2.21. The number of benzene rings is 1. The number of sulfonamides is 1. The highest BCUT2D eigenvalue weighted by Gasteiger charge is 2.22. The molecule has 1 aromatic rings. The van der Waals surface area contributed by atoms with Crippen molar-refractivity contribution in [2.75, 3.05) is 20.1 Å². The molecule has 0 saturated heterocycles. The molecule has 1 rings (SSSR count). The van der Waals surface area contributed by atoms with Crippen LogP contribution >= 0.6 is 0 Å². The predicted octanol–water partition coefficient (Wildman–Crippen LogP) is 0.974. The molecular formula is C14H24N2O3S. The smallest absolute Gasteiger partial charge is 0.242 e. The summed E-state index contributed by atoms with van der Waals surface area (Å²) < 4.78 is 25.8. The highest BCUT2D eigenvalue weighted by atomic mass is 32.2. The average Bonchev–Trinajstić information content (AvgIpc) is 2.36. The minimum atomic E-state index is -3.54. The summed E-state index contributed by atoms with van der Waals surface area (Å²) >= 11 is 0. The number of hydrogen-bond donors (Lipinski definition) is 2. The third-order valence-corrected chi connectivity index (χ3v) is 4.80. The Kier molecular flexibility index (Phi) is 6.13. The van der Waals surface area contributed by atoms with Gasteiger partial charge in [-0.3, -0.25) is 0 Å². The largest absolute Gasteiger partial charge is 0.390 e. The van der Waals surface area contributed by atoms with Gasteiger partial charge in [-0.1, -0.05) is 31.5 Å². The van der Waals surface area contributed by atoms with E-state index in [0.717, 1.165) is 5.56 Å². The van der Waals surface area contributed by atoms with E-state index >= 15 is 0 Å². The van der Waals surface area contributed by atoms with Crippen molar-refractivity contribution in [3.63, 3.8) is 0 Å². The van der Waals surface area contributed by atoms with E-state index in [1.54, 1.807) is 24.3 Å². The maximum Gasteiger partial charge on any atom is 0.242 e. The van der Waals surface area contributed by atoms with Crippen LogP contribution in [0.5, 0.6) is 0 Å². The van der Waals surface area contributed by atoms with E-state index in [1.807, 2.05) is 20.8 Å². The molecule has 0 unspecified atom stereocenters. The van der Waals surface area contributed by atoms with Crippen LogP contribution in [0.1, 0.15) is 19.4 Å². The van der Waals surface area contributed by atoms with Crippen molar-refractivity contribution in [2.45, 2.75) is 37.8 Å². The average molecular weight is 300 g/mol. The van der Waals surface area contributed by atoms with Gasteiger partial charge in [0.2, 0.25) is 10.0 Å². The Morgan fingerprint density at radius 3 is 2.30 bits per heavy atom. The number of nitrogens with zero attached hydrogens (tertiary/aromatic N) is 1. The van der Waals surface area contributed by atoms with E-state index in [2.05, 4.69) is 5.32 Å². The molecule has 6 heteroatoms. The Hall–Kier alpha value is -0.950. The second-order valence-corrected chi connectivity index (χ2v) is 7.36. The molecular weight excluding hydrogens is 276 g/mol. The molecule has 1 aromatic carbocycles. The molecule has 0 spiro atoms. The van der Waals surface area contributed by atoms with Gasteiger partial charge in [0.1, 0.15) is 0 Å². The van der Waals surface area contributed by atoms with Crippen molar-refractivity contribution in [2.24, 2.45) is 0 Å². The van der Waals surface area contributed by atoms with Crippen LogP contribution in [0.2, 0.25) is 0 Å².